The Morgan fingerprint density at radius 1 is 1.00 bits per heavy atom. The van der Waals surface area contributed by atoms with Crippen LogP contribution >= 0.6 is 35.0 Å². The second-order valence-electron chi connectivity index (χ2n) is 6.91. The Kier molecular flexibility index (Phi) is 6.66. The van der Waals surface area contributed by atoms with Crippen LogP contribution in [0.1, 0.15) is 16.7 Å². The first kappa shape index (κ1) is 21.5. The van der Waals surface area contributed by atoms with E-state index in [0.717, 1.165) is 11.1 Å². The Balaban J connectivity index is 1.54. The van der Waals surface area contributed by atoms with Crippen molar-refractivity contribution in [2.24, 2.45) is 4.99 Å². The highest BCUT2D eigenvalue weighted by Gasteiger charge is 2.24. The third-order valence-corrected chi connectivity index (χ3v) is 5.88. The summed E-state index contributed by atoms with van der Waals surface area (Å²) in [7, 11) is 0. The van der Waals surface area contributed by atoms with Gasteiger partial charge in [-0.2, -0.15) is 0 Å². The van der Waals surface area contributed by atoms with Crippen LogP contribution in [0.15, 0.2) is 76.6 Å². The largest absolute Gasteiger partial charge is 0.488 e. The van der Waals surface area contributed by atoms with Gasteiger partial charge in [-0.25, -0.2) is 4.99 Å². The van der Waals surface area contributed by atoms with Gasteiger partial charge < -0.3 is 10.1 Å². The highest BCUT2D eigenvalue weighted by molar-refractivity contribution is 8.18. The number of benzene rings is 3. The minimum Gasteiger partial charge on any atom is -0.488 e. The van der Waals surface area contributed by atoms with Gasteiger partial charge in [-0.05, 0) is 72.8 Å². The second-order valence-corrected chi connectivity index (χ2v) is 8.82. The Morgan fingerprint density at radius 3 is 2.45 bits per heavy atom. The van der Waals surface area contributed by atoms with Crippen molar-refractivity contribution < 1.29 is 9.53 Å². The van der Waals surface area contributed by atoms with Crippen LogP contribution in [0.2, 0.25) is 10.0 Å². The Bertz CT molecular complexity index is 1170. The second kappa shape index (κ2) is 9.60. The molecule has 3 aromatic rings. The van der Waals surface area contributed by atoms with E-state index in [-0.39, 0.29) is 5.91 Å². The predicted molar refractivity (Wildman–Crippen MR) is 129 cm³/mol. The number of nitrogens with zero attached hydrogens (tertiary/aromatic N) is 1. The minimum atomic E-state index is -0.220. The first-order valence-electron chi connectivity index (χ1n) is 9.49. The van der Waals surface area contributed by atoms with Crippen LogP contribution in [-0.2, 0) is 11.4 Å². The quantitative estimate of drug-likeness (QED) is 0.420. The molecule has 1 aliphatic heterocycles. The molecule has 0 atom stereocenters. The molecule has 1 saturated heterocycles. The summed E-state index contributed by atoms with van der Waals surface area (Å²) in [4.78, 5) is 17.4. The molecule has 31 heavy (non-hydrogen) atoms. The smallest absolute Gasteiger partial charge is 0.264 e. The number of carbonyl (C=O) groups excluding carboxylic acids is 1. The van der Waals surface area contributed by atoms with Gasteiger partial charge in [0.2, 0.25) is 0 Å². The van der Waals surface area contributed by atoms with E-state index in [2.05, 4.69) is 10.3 Å². The van der Waals surface area contributed by atoms with Crippen molar-refractivity contribution in [1.29, 1.82) is 0 Å². The van der Waals surface area contributed by atoms with Crippen molar-refractivity contribution in [3.63, 3.8) is 0 Å². The van der Waals surface area contributed by atoms with Crippen molar-refractivity contribution in [3.05, 3.63) is 98.4 Å². The SMILES string of the molecule is Cc1ccc(COc2ccc(Cl)cc2/C=C2\SC(=Nc3ccc(Cl)cc3)NC2=O)cc1. The number of carbonyl (C=O) groups is 1. The minimum absolute atomic E-state index is 0.220. The Hall–Kier alpha value is -2.73. The lowest BCUT2D eigenvalue weighted by molar-refractivity contribution is -0.115. The van der Waals surface area contributed by atoms with Crippen molar-refractivity contribution >= 4 is 57.8 Å². The molecular weight excluding hydrogens is 451 g/mol. The van der Waals surface area contributed by atoms with Gasteiger partial charge in [0.25, 0.3) is 5.91 Å². The van der Waals surface area contributed by atoms with Gasteiger partial charge in [0, 0.05) is 15.6 Å². The van der Waals surface area contributed by atoms with E-state index in [9.17, 15) is 4.79 Å². The lowest BCUT2D eigenvalue weighted by atomic mass is 10.1. The molecule has 0 saturated carbocycles. The maximum absolute atomic E-state index is 12.5. The maximum Gasteiger partial charge on any atom is 0.264 e. The lowest BCUT2D eigenvalue weighted by Gasteiger charge is -2.10. The van der Waals surface area contributed by atoms with E-state index in [0.29, 0.717) is 38.2 Å². The molecule has 4 rings (SSSR count). The summed E-state index contributed by atoms with van der Waals surface area (Å²) in [6, 6.07) is 20.6. The van der Waals surface area contributed by atoms with Gasteiger partial charge in [-0.1, -0.05) is 53.0 Å². The van der Waals surface area contributed by atoms with Gasteiger partial charge in [0.05, 0.1) is 10.6 Å². The summed E-state index contributed by atoms with van der Waals surface area (Å²) in [6.07, 6.45) is 1.76. The zero-order valence-electron chi connectivity index (χ0n) is 16.6. The summed E-state index contributed by atoms with van der Waals surface area (Å²) in [6.45, 7) is 2.46. The number of aryl methyl sites for hydroxylation is 1. The summed E-state index contributed by atoms with van der Waals surface area (Å²) < 4.78 is 6.01. The standard InChI is InChI=1S/C24H18Cl2N2O2S/c1-15-2-4-16(5-3-15)14-30-21-11-8-19(26)12-17(21)13-22-23(29)28-24(31-22)27-20-9-6-18(25)7-10-20/h2-13H,14H2,1H3,(H,27,28,29)/b22-13-. The number of rotatable bonds is 5. The topological polar surface area (TPSA) is 50.7 Å². The summed E-state index contributed by atoms with van der Waals surface area (Å²) >= 11 is 13.4. The molecule has 4 nitrogen and oxygen atoms in total. The normalized spacial score (nSPS) is 16.0. The molecule has 1 N–H and O–H groups in total. The van der Waals surface area contributed by atoms with Crippen LogP contribution < -0.4 is 10.1 Å². The number of aliphatic imine (C=N–C) groups is 1. The fourth-order valence-corrected chi connectivity index (χ4v) is 4.00. The summed E-state index contributed by atoms with van der Waals surface area (Å²) in [5.41, 5.74) is 3.69. The third-order valence-electron chi connectivity index (χ3n) is 4.48. The van der Waals surface area contributed by atoms with Crippen LogP contribution in [0.4, 0.5) is 5.69 Å². The first-order chi connectivity index (χ1) is 15.0. The fraction of sp³-hybridized carbons (Fsp3) is 0.0833. The molecule has 1 heterocycles. The number of nitrogens with one attached hydrogen (secondary N) is 1. The van der Waals surface area contributed by atoms with Crippen LogP contribution in [0.5, 0.6) is 5.75 Å². The van der Waals surface area contributed by atoms with Crippen molar-refractivity contribution in [1.82, 2.24) is 5.32 Å². The first-order valence-corrected chi connectivity index (χ1v) is 11.1. The molecule has 0 aromatic heterocycles. The maximum atomic E-state index is 12.5. The number of ether oxygens (including phenoxy) is 1. The molecule has 0 unspecified atom stereocenters. The van der Waals surface area contributed by atoms with Gasteiger partial charge in [0.1, 0.15) is 12.4 Å². The van der Waals surface area contributed by atoms with Crippen LogP contribution in [0.25, 0.3) is 6.08 Å². The van der Waals surface area contributed by atoms with E-state index in [1.165, 1.54) is 17.3 Å². The molecule has 1 amide bonds. The van der Waals surface area contributed by atoms with E-state index < -0.39 is 0 Å². The van der Waals surface area contributed by atoms with E-state index in [1.54, 1.807) is 42.5 Å². The van der Waals surface area contributed by atoms with Gasteiger partial charge in [-0.3, -0.25) is 4.79 Å². The molecule has 1 fully saturated rings. The molecule has 156 valence electrons. The molecular formula is C24H18Cl2N2O2S. The summed E-state index contributed by atoms with van der Waals surface area (Å²) in [5, 5.41) is 4.48. The number of hydrogen-bond donors (Lipinski definition) is 1. The molecule has 0 aliphatic carbocycles. The van der Waals surface area contributed by atoms with Gasteiger partial charge in [0.15, 0.2) is 5.17 Å². The zero-order valence-corrected chi connectivity index (χ0v) is 18.9. The summed E-state index contributed by atoms with van der Waals surface area (Å²) in [5.74, 6) is 0.427. The van der Waals surface area contributed by atoms with E-state index in [1.807, 2.05) is 37.3 Å². The molecule has 0 bridgehead atoms. The molecule has 7 heteroatoms. The monoisotopic (exact) mass is 468 g/mol. The van der Waals surface area contributed by atoms with Crippen LogP contribution in [0.3, 0.4) is 0 Å². The van der Waals surface area contributed by atoms with E-state index in [4.69, 9.17) is 27.9 Å². The number of hydrogen-bond acceptors (Lipinski definition) is 4. The Labute approximate surface area is 194 Å². The van der Waals surface area contributed by atoms with Gasteiger partial charge >= 0.3 is 0 Å². The van der Waals surface area contributed by atoms with E-state index >= 15 is 0 Å². The molecule has 3 aromatic carbocycles. The number of halogens is 2. The lowest BCUT2D eigenvalue weighted by Crippen LogP contribution is -2.19. The fourth-order valence-electron chi connectivity index (χ4n) is 2.86. The highest BCUT2D eigenvalue weighted by atomic mass is 35.5. The van der Waals surface area contributed by atoms with Crippen LogP contribution in [-0.4, -0.2) is 11.1 Å². The van der Waals surface area contributed by atoms with Gasteiger partial charge in [-0.15, -0.1) is 0 Å². The number of amides is 1. The van der Waals surface area contributed by atoms with Crippen molar-refractivity contribution in [2.45, 2.75) is 13.5 Å². The number of amidine groups is 1. The van der Waals surface area contributed by atoms with Crippen molar-refractivity contribution in [3.8, 4) is 5.75 Å². The highest BCUT2D eigenvalue weighted by Crippen LogP contribution is 2.32. The third kappa shape index (κ3) is 5.70. The molecule has 0 radical (unpaired) electrons. The number of thioether (sulfide) groups is 1. The van der Waals surface area contributed by atoms with Crippen molar-refractivity contribution in [2.75, 3.05) is 0 Å². The van der Waals surface area contributed by atoms with Crippen LogP contribution in [0, 0.1) is 6.92 Å². The molecule has 0 spiro atoms. The average Bonchev–Trinajstić information content (AvgIpc) is 3.09. The Morgan fingerprint density at radius 2 is 1.71 bits per heavy atom. The zero-order chi connectivity index (χ0) is 21.8. The predicted octanol–water partition coefficient (Wildman–Crippen LogP) is 6.77. The molecule has 1 aliphatic rings. The average molecular weight is 469 g/mol.